The second-order valence-electron chi connectivity index (χ2n) is 5.19. The van der Waals surface area contributed by atoms with Crippen LogP contribution in [0, 0.1) is 0 Å². The van der Waals surface area contributed by atoms with Gasteiger partial charge < -0.3 is 10.1 Å². The van der Waals surface area contributed by atoms with Crippen LogP contribution >= 0.6 is 23.2 Å². The second-order valence-corrected chi connectivity index (χ2v) is 6.01. The normalized spacial score (nSPS) is 14.3. The van der Waals surface area contributed by atoms with Crippen LogP contribution in [0.15, 0.2) is 59.3 Å². The summed E-state index contributed by atoms with van der Waals surface area (Å²) < 4.78 is 5.36. The molecule has 5 nitrogen and oxygen atoms in total. The van der Waals surface area contributed by atoms with Gasteiger partial charge >= 0.3 is 0 Å². The zero-order valence-electron chi connectivity index (χ0n) is 13.3. The molecule has 128 valence electrons. The molecule has 3 rings (SSSR count). The summed E-state index contributed by atoms with van der Waals surface area (Å²) in [6.07, 6.45) is 0. The van der Waals surface area contributed by atoms with Crippen LogP contribution < -0.4 is 15.0 Å². The molecule has 25 heavy (non-hydrogen) atoms. The summed E-state index contributed by atoms with van der Waals surface area (Å²) in [6.45, 7) is 2.41. The molecule has 0 spiro atoms. The molecular formula is C18H14Cl2N2O3. The number of amides is 2. The zero-order chi connectivity index (χ0) is 18.0. The Balaban J connectivity index is 1.84. The second kappa shape index (κ2) is 7.17. The number of carbonyl (C=O) groups is 2. The molecular weight excluding hydrogens is 363 g/mol. The van der Waals surface area contributed by atoms with Crippen molar-refractivity contribution >= 4 is 46.4 Å². The molecule has 1 aliphatic heterocycles. The minimum atomic E-state index is -0.577. The fraction of sp³-hybridized carbons (Fsp3) is 0.111. The van der Waals surface area contributed by atoms with Crippen molar-refractivity contribution in [2.45, 2.75) is 6.92 Å². The minimum absolute atomic E-state index is 0.0304. The first kappa shape index (κ1) is 17.3. The Morgan fingerprint density at radius 2 is 1.60 bits per heavy atom. The molecule has 0 aromatic heterocycles. The van der Waals surface area contributed by atoms with Crippen LogP contribution in [0.1, 0.15) is 6.92 Å². The molecule has 0 radical (unpaired) electrons. The summed E-state index contributed by atoms with van der Waals surface area (Å²) in [6, 6.07) is 13.4. The molecule has 0 saturated carbocycles. The number of hydrogen-bond donors (Lipinski definition) is 1. The van der Waals surface area contributed by atoms with Crippen molar-refractivity contribution in [2.75, 3.05) is 16.8 Å². The Kier molecular flexibility index (Phi) is 4.97. The van der Waals surface area contributed by atoms with Gasteiger partial charge in [-0.2, -0.15) is 0 Å². The summed E-state index contributed by atoms with van der Waals surface area (Å²) in [5.41, 5.74) is 1.06. The highest BCUT2D eigenvalue weighted by molar-refractivity contribution is 6.53. The van der Waals surface area contributed by atoms with Crippen molar-refractivity contribution in [3.05, 3.63) is 64.3 Å². The van der Waals surface area contributed by atoms with Gasteiger partial charge in [-0.1, -0.05) is 23.2 Å². The predicted octanol–water partition coefficient (Wildman–Crippen LogP) is 4.17. The third-order valence-corrected chi connectivity index (χ3v) is 4.15. The van der Waals surface area contributed by atoms with Gasteiger partial charge in [0, 0.05) is 10.7 Å². The summed E-state index contributed by atoms with van der Waals surface area (Å²) >= 11 is 11.9. The lowest BCUT2D eigenvalue weighted by Gasteiger charge is -2.15. The molecule has 0 aliphatic carbocycles. The van der Waals surface area contributed by atoms with Crippen molar-refractivity contribution in [3.8, 4) is 5.75 Å². The molecule has 0 bridgehead atoms. The monoisotopic (exact) mass is 376 g/mol. The molecule has 2 aromatic carbocycles. The van der Waals surface area contributed by atoms with Gasteiger partial charge in [0.25, 0.3) is 11.8 Å². The smallest absolute Gasteiger partial charge is 0.283 e. The van der Waals surface area contributed by atoms with Crippen LogP contribution in [0.3, 0.4) is 0 Å². The summed E-state index contributed by atoms with van der Waals surface area (Å²) in [4.78, 5) is 26.1. The number of halogens is 2. The van der Waals surface area contributed by atoms with Crippen molar-refractivity contribution in [1.29, 1.82) is 0 Å². The summed E-state index contributed by atoms with van der Waals surface area (Å²) in [5.74, 6) is -0.440. The Labute approximate surface area is 154 Å². The molecule has 7 heteroatoms. The van der Waals surface area contributed by atoms with E-state index in [1.54, 1.807) is 48.5 Å². The Morgan fingerprint density at radius 3 is 2.20 bits per heavy atom. The van der Waals surface area contributed by atoms with Gasteiger partial charge in [0.1, 0.15) is 16.5 Å². The molecule has 2 amide bonds. The van der Waals surface area contributed by atoms with Crippen molar-refractivity contribution < 1.29 is 14.3 Å². The van der Waals surface area contributed by atoms with Crippen molar-refractivity contribution in [2.24, 2.45) is 0 Å². The van der Waals surface area contributed by atoms with Crippen LogP contribution in [0.2, 0.25) is 5.02 Å². The number of nitrogens with zero attached hydrogens (tertiary/aromatic N) is 1. The van der Waals surface area contributed by atoms with Crippen LogP contribution in [0.4, 0.5) is 11.4 Å². The van der Waals surface area contributed by atoms with Gasteiger partial charge in [0.2, 0.25) is 0 Å². The highest BCUT2D eigenvalue weighted by Crippen LogP contribution is 2.31. The number of anilines is 2. The number of hydrogen-bond acceptors (Lipinski definition) is 4. The largest absolute Gasteiger partial charge is 0.494 e. The Hall–Kier alpha value is -2.50. The third kappa shape index (κ3) is 3.48. The van der Waals surface area contributed by atoms with E-state index in [4.69, 9.17) is 27.9 Å². The van der Waals surface area contributed by atoms with Gasteiger partial charge in [-0.05, 0) is 55.5 Å². The lowest BCUT2D eigenvalue weighted by molar-refractivity contribution is -0.120. The standard InChI is InChI=1S/C18H14Cl2N2O3/c1-2-25-14-9-7-13(8-10-14)22-17(23)15(20)16(18(22)24)21-12-5-3-11(19)4-6-12/h3-10,21H,2H2,1H3. The van der Waals surface area contributed by atoms with E-state index in [0.717, 1.165) is 4.90 Å². The van der Waals surface area contributed by atoms with Crippen LogP contribution in [-0.2, 0) is 9.59 Å². The first-order chi connectivity index (χ1) is 12.0. The highest BCUT2D eigenvalue weighted by atomic mass is 35.5. The first-order valence-corrected chi connectivity index (χ1v) is 8.31. The topological polar surface area (TPSA) is 58.6 Å². The zero-order valence-corrected chi connectivity index (χ0v) is 14.8. The van der Waals surface area contributed by atoms with Crippen LogP contribution in [0.5, 0.6) is 5.75 Å². The number of imide groups is 1. The SMILES string of the molecule is CCOc1ccc(N2C(=O)C(Cl)=C(Nc3ccc(Cl)cc3)C2=O)cc1. The molecule has 1 N–H and O–H groups in total. The Morgan fingerprint density at radius 1 is 0.960 bits per heavy atom. The van der Waals surface area contributed by atoms with Gasteiger partial charge in [0.05, 0.1) is 12.3 Å². The number of benzene rings is 2. The molecule has 0 saturated heterocycles. The highest BCUT2D eigenvalue weighted by Gasteiger charge is 2.38. The van der Waals surface area contributed by atoms with E-state index < -0.39 is 11.8 Å². The van der Waals surface area contributed by atoms with E-state index in [0.29, 0.717) is 28.8 Å². The van der Waals surface area contributed by atoms with Gasteiger partial charge in [-0.25, -0.2) is 4.90 Å². The van der Waals surface area contributed by atoms with E-state index in [2.05, 4.69) is 5.32 Å². The average Bonchev–Trinajstić information content (AvgIpc) is 2.82. The molecule has 0 atom stereocenters. The van der Waals surface area contributed by atoms with Crippen molar-refractivity contribution in [3.63, 3.8) is 0 Å². The van der Waals surface area contributed by atoms with Crippen molar-refractivity contribution in [1.82, 2.24) is 0 Å². The van der Waals surface area contributed by atoms with Gasteiger partial charge in [-0.15, -0.1) is 0 Å². The predicted molar refractivity (Wildman–Crippen MR) is 98.1 cm³/mol. The summed E-state index contributed by atoms with van der Waals surface area (Å²) in [5, 5.41) is 3.29. The average molecular weight is 377 g/mol. The maximum Gasteiger partial charge on any atom is 0.283 e. The van der Waals surface area contributed by atoms with Crippen LogP contribution in [-0.4, -0.2) is 18.4 Å². The summed E-state index contributed by atoms with van der Waals surface area (Å²) in [7, 11) is 0. The lowest BCUT2D eigenvalue weighted by Crippen LogP contribution is -2.32. The first-order valence-electron chi connectivity index (χ1n) is 7.55. The molecule has 0 fully saturated rings. The van der Waals surface area contributed by atoms with Gasteiger partial charge in [0.15, 0.2) is 0 Å². The van der Waals surface area contributed by atoms with Crippen LogP contribution in [0.25, 0.3) is 0 Å². The third-order valence-electron chi connectivity index (χ3n) is 3.55. The van der Waals surface area contributed by atoms with Gasteiger partial charge in [-0.3, -0.25) is 9.59 Å². The van der Waals surface area contributed by atoms with E-state index in [1.807, 2.05) is 6.92 Å². The number of rotatable bonds is 5. The fourth-order valence-electron chi connectivity index (χ4n) is 2.38. The lowest BCUT2D eigenvalue weighted by atomic mass is 10.2. The van der Waals surface area contributed by atoms with E-state index in [9.17, 15) is 9.59 Å². The maximum atomic E-state index is 12.7. The quantitative estimate of drug-likeness (QED) is 0.795. The van der Waals surface area contributed by atoms with E-state index >= 15 is 0 Å². The molecule has 2 aromatic rings. The number of ether oxygens (including phenoxy) is 1. The molecule has 1 aliphatic rings. The molecule has 0 unspecified atom stereocenters. The number of carbonyl (C=O) groups excluding carboxylic acids is 2. The Bertz CT molecular complexity index is 846. The fourth-order valence-corrected chi connectivity index (χ4v) is 2.72. The number of nitrogens with one attached hydrogen (secondary N) is 1. The van der Waals surface area contributed by atoms with E-state index in [1.165, 1.54) is 0 Å². The maximum absolute atomic E-state index is 12.7. The van der Waals surface area contributed by atoms with E-state index in [-0.39, 0.29) is 10.7 Å². The minimum Gasteiger partial charge on any atom is -0.494 e. The molecule has 1 heterocycles.